The van der Waals surface area contributed by atoms with Crippen LogP contribution >= 0.6 is 11.6 Å². The van der Waals surface area contributed by atoms with E-state index in [9.17, 15) is 4.79 Å². The number of benzene rings is 2. The molecule has 1 N–H and O–H groups in total. The third-order valence-corrected chi connectivity index (χ3v) is 4.26. The van der Waals surface area contributed by atoms with E-state index < -0.39 is 6.10 Å². The first-order chi connectivity index (χ1) is 11.5. The largest absolute Gasteiger partial charge is 0.481 e. The Kier molecular flexibility index (Phi) is 6.68. The molecule has 0 saturated heterocycles. The summed E-state index contributed by atoms with van der Waals surface area (Å²) in [5.41, 5.74) is 3.71. The van der Waals surface area contributed by atoms with E-state index >= 15 is 0 Å². The highest BCUT2D eigenvalue weighted by Crippen LogP contribution is 2.17. The number of hydrogen-bond acceptors (Lipinski definition) is 2. The fourth-order valence-corrected chi connectivity index (χ4v) is 2.63. The number of aryl methyl sites for hydroxylation is 2. The van der Waals surface area contributed by atoms with Crippen LogP contribution in [-0.2, 0) is 24.2 Å². The van der Waals surface area contributed by atoms with Crippen molar-refractivity contribution < 1.29 is 9.53 Å². The third-order valence-electron chi connectivity index (χ3n) is 4.01. The molecule has 2 aromatic rings. The van der Waals surface area contributed by atoms with Crippen molar-refractivity contribution in [1.82, 2.24) is 5.32 Å². The topological polar surface area (TPSA) is 38.3 Å². The van der Waals surface area contributed by atoms with Crippen LogP contribution in [0, 0.1) is 0 Å². The average molecular weight is 346 g/mol. The van der Waals surface area contributed by atoms with Gasteiger partial charge in [0.25, 0.3) is 5.91 Å². The Morgan fingerprint density at radius 3 is 2.42 bits per heavy atom. The molecule has 0 aliphatic rings. The average Bonchev–Trinajstić information content (AvgIpc) is 2.61. The molecule has 0 spiro atoms. The first-order valence-electron chi connectivity index (χ1n) is 8.34. The Morgan fingerprint density at radius 2 is 1.79 bits per heavy atom. The molecule has 3 nitrogen and oxygen atoms in total. The van der Waals surface area contributed by atoms with Crippen molar-refractivity contribution in [2.24, 2.45) is 0 Å². The molecular formula is C20H24ClNO2. The predicted octanol–water partition coefficient (Wildman–Crippen LogP) is 4.55. The molecule has 0 aromatic heterocycles. The van der Waals surface area contributed by atoms with Crippen LogP contribution in [0.4, 0.5) is 0 Å². The smallest absolute Gasteiger partial charge is 0.261 e. The minimum Gasteiger partial charge on any atom is -0.481 e. The van der Waals surface area contributed by atoms with Crippen LogP contribution in [-0.4, -0.2) is 12.0 Å². The second-order valence-corrected chi connectivity index (χ2v) is 6.18. The zero-order valence-electron chi connectivity index (χ0n) is 14.4. The van der Waals surface area contributed by atoms with E-state index in [-0.39, 0.29) is 5.91 Å². The first-order valence-corrected chi connectivity index (χ1v) is 8.71. The molecule has 2 rings (SSSR count). The molecule has 24 heavy (non-hydrogen) atoms. The van der Waals surface area contributed by atoms with Gasteiger partial charge in [-0.3, -0.25) is 4.79 Å². The lowest BCUT2D eigenvalue weighted by Crippen LogP contribution is -2.36. The Labute approximate surface area is 149 Å². The molecule has 2 aromatic carbocycles. The van der Waals surface area contributed by atoms with Gasteiger partial charge in [0.05, 0.1) is 0 Å². The van der Waals surface area contributed by atoms with Crippen LogP contribution in [0.5, 0.6) is 5.75 Å². The SMILES string of the molecule is CCc1ccc(CC)c(CNC(=O)C(C)Oc2ccc(Cl)cc2)c1. The number of rotatable bonds is 7. The molecule has 1 atom stereocenters. The monoisotopic (exact) mass is 345 g/mol. The first kappa shape index (κ1) is 18.3. The Balaban J connectivity index is 1.95. The van der Waals surface area contributed by atoms with Crippen LogP contribution in [0.1, 0.15) is 37.5 Å². The van der Waals surface area contributed by atoms with Crippen molar-refractivity contribution in [2.75, 3.05) is 0 Å². The molecule has 128 valence electrons. The molecule has 0 saturated carbocycles. The molecule has 0 heterocycles. The predicted molar refractivity (Wildman–Crippen MR) is 98.6 cm³/mol. The molecular weight excluding hydrogens is 322 g/mol. The number of nitrogens with one attached hydrogen (secondary N) is 1. The zero-order valence-corrected chi connectivity index (χ0v) is 15.2. The van der Waals surface area contributed by atoms with Crippen LogP contribution in [0.15, 0.2) is 42.5 Å². The number of amides is 1. The number of carbonyl (C=O) groups excluding carboxylic acids is 1. The molecule has 0 radical (unpaired) electrons. The van der Waals surface area contributed by atoms with Gasteiger partial charge in [0, 0.05) is 11.6 Å². The van der Waals surface area contributed by atoms with Crippen molar-refractivity contribution in [1.29, 1.82) is 0 Å². The van der Waals surface area contributed by atoms with Crippen molar-refractivity contribution in [3.63, 3.8) is 0 Å². The van der Waals surface area contributed by atoms with Gasteiger partial charge in [-0.1, -0.05) is 43.6 Å². The maximum atomic E-state index is 12.3. The van der Waals surface area contributed by atoms with Gasteiger partial charge in [-0.2, -0.15) is 0 Å². The second kappa shape index (κ2) is 8.74. The summed E-state index contributed by atoms with van der Waals surface area (Å²) in [6.45, 7) is 6.52. The van der Waals surface area contributed by atoms with Gasteiger partial charge in [0.2, 0.25) is 0 Å². The van der Waals surface area contributed by atoms with Gasteiger partial charge >= 0.3 is 0 Å². The number of hydrogen-bond donors (Lipinski definition) is 1. The van der Waals surface area contributed by atoms with Gasteiger partial charge < -0.3 is 10.1 Å². The number of halogens is 1. The maximum absolute atomic E-state index is 12.3. The van der Waals surface area contributed by atoms with Gasteiger partial charge in [0.15, 0.2) is 6.10 Å². The summed E-state index contributed by atoms with van der Waals surface area (Å²) in [4.78, 5) is 12.3. The van der Waals surface area contributed by atoms with Crippen LogP contribution in [0.2, 0.25) is 5.02 Å². The zero-order chi connectivity index (χ0) is 17.5. The fourth-order valence-electron chi connectivity index (χ4n) is 2.51. The van der Waals surface area contributed by atoms with Gasteiger partial charge in [0.1, 0.15) is 5.75 Å². The lowest BCUT2D eigenvalue weighted by atomic mass is 10.0. The quantitative estimate of drug-likeness (QED) is 0.799. The lowest BCUT2D eigenvalue weighted by molar-refractivity contribution is -0.127. The van der Waals surface area contributed by atoms with Crippen LogP contribution < -0.4 is 10.1 Å². The second-order valence-electron chi connectivity index (χ2n) is 5.74. The van der Waals surface area contributed by atoms with Gasteiger partial charge in [-0.25, -0.2) is 0 Å². The van der Waals surface area contributed by atoms with Crippen LogP contribution in [0.3, 0.4) is 0 Å². The molecule has 1 amide bonds. The van der Waals surface area contributed by atoms with Crippen molar-refractivity contribution in [3.8, 4) is 5.75 Å². The van der Waals surface area contributed by atoms with Crippen molar-refractivity contribution >= 4 is 17.5 Å². The van der Waals surface area contributed by atoms with E-state index in [1.807, 2.05) is 0 Å². The third kappa shape index (κ3) is 5.00. The van der Waals surface area contributed by atoms with E-state index in [1.165, 1.54) is 16.7 Å². The van der Waals surface area contributed by atoms with Gasteiger partial charge in [-0.15, -0.1) is 0 Å². The molecule has 1 unspecified atom stereocenters. The van der Waals surface area contributed by atoms with E-state index in [4.69, 9.17) is 16.3 Å². The normalized spacial score (nSPS) is 11.8. The summed E-state index contributed by atoms with van der Waals surface area (Å²) in [5.74, 6) is 0.498. The van der Waals surface area contributed by atoms with E-state index in [0.717, 1.165) is 12.8 Å². The lowest BCUT2D eigenvalue weighted by Gasteiger charge is -2.16. The molecule has 0 fully saturated rings. The van der Waals surface area contributed by atoms with Crippen molar-refractivity contribution in [3.05, 3.63) is 64.2 Å². The summed E-state index contributed by atoms with van der Waals surface area (Å²) in [6.07, 6.45) is 1.37. The highest BCUT2D eigenvalue weighted by atomic mass is 35.5. The minimum absolute atomic E-state index is 0.131. The Hall–Kier alpha value is -2.00. The summed E-state index contributed by atoms with van der Waals surface area (Å²) in [6, 6.07) is 13.5. The van der Waals surface area contributed by atoms with Gasteiger partial charge in [-0.05, 0) is 60.7 Å². The molecule has 0 aliphatic heterocycles. The highest BCUT2D eigenvalue weighted by Gasteiger charge is 2.15. The Bertz CT molecular complexity index is 683. The molecule has 0 aliphatic carbocycles. The maximum Gasteiger partial charge on any atom is 0.261 e. The summed E-state index contributed by atoms with van der Waals surface area (Å²) in [5, 5.41) is 3.61. The summed E-state index contributed by atoms with van der Waals surface area (Å²) >= 11 is 5.85. The number of ether oxygens (including phenoxy) is 1. The fraction of sp³-hybridized carbons (Fsp3) is 0.350. The minimum atomic E-state index is -0.564. The summed E-state index contributed by atoms with van der Waals surface area (Å²) in [7, 11) is 0. The highest BCUT2D eigenvalue weighted by molar-refractivity contribution is 6.30. The number of carbonyl (C=O) groups is 1. The summed E-state index contributed by atoms with van der Waals surface area (Å²) < 4.78 is 5.65. The Morgan fingerprint density at radius 1 is 1.08 bits per heavy atom. The van der Waals surface area contributed by atoms with E-state index in [2.05, 4.69) is 37.4 Å². The molecule has 4 heteroatoms. The van der Waals surface area contributed by atoms with E-state index in [1.54, 1.807) is 31.2 Å². The van der Waals surface area contributed by atoms with Crippen molar-refractivity contribution in [2.45, 2.75) is 46.3 Å². The standard InChI is InChI=1S/C20H24ClNO2/c1-4-15-6-7-16(5-2)17(12-15)13-22-20(23)14(3)24-19-10-8-18(21)9-11-19/h6-12,14H,4-5,13H2,1-3H3,(H,22,23). The molecule has 0 bridgehead atoms. The van der Waals surface area contributed by atoms with Crippen LogP contribution in [0.25, 0.3) is 0 Å². The van der Waals surface area contributed by atoms with E-state index in [0.29, 0.717) is 17.3 Å².